The van der Waals surface area contributed by atoms with Crippen LogP contribution in [0, 0.1) is 10.1 Å². The van der Waals surface area contributed by atoms with Gasteiger partial charge in [-0.15, -0.1) is 0 Å². The van der Waals surface area contributed by atoms with Crippen molar-refractivity contribution in [2.45, 2.75) is 25.4 Å². The number of β-amino-alcohol motifs (C(OH)–C–C–N with tert-alkyl or cyclic N) is 1. The number of hydrogen-bond acceptors (Lipinski definition) is 5. The first kappa shape index (κ1) is 12.2. The smallest absolute Gasteiger partial charge is 0.292 e. The van der Waals surface area contributed by atoms with Gasteiger partial charge in [0.15, 0.2) is 0 Å². The van der Waals surface area contributed by atoms with Crippen LogP contribution in [0.4, 0.5) is 17.1 Å². The molecule has 0 bridgehead atoms. The van der Waals surface area contributed by atoms with Crippen molar-refractivity contribution >= 4 is 17.1 Å². The minimum absolute atomic E-state index is 0.150. The molecule has 1 aromatic carbocycles. The number of aliphatic hydroxyl groups excluding tert-OH is 1. The molecule has 2 aliphatic heterocycles. The second-order valence-electron chi connectivity index (χ2n) is 5.14. The predicted molar refractivity (Wildman–Crippen MR) is 72.7 cm³/mol. The lowest BCUT2D eigenvalue weighted by molar-refractivity contribution is -0.384. The Morgan fingerprint density at radius 3 is 3.05 bits per heavy atom. The van der Waals surface area contributed by atoms with Gasteiger partial charge < -0.3 is 15.3 Å². The first-order chi connectivity index (χ1) is 9.16. The third-order valence-electron chi connectivity index (χ3n) is 3.86. The molecule has 1 atom stereocenters. The standard InChI is InChI=1S/C13H17N3O3/c17-9-2-1-7-15(8-9)13-10-5-6-14-11(10)3-4-12(13)16(18)19/h3-4,9,14,17H,1-2,5-8H2. The van der Waals surface area contributed by atoms with Crippen LogP contribution in [-0.2, 0) is 6.42 Å². The van der Waals surface area contributed by atoms with Gasteiger partial charge in [-0.3, -0.25) is 10.1 Å². The fourth-order valence-corrected chi connectivity index (χ4v) is 3.02. The van der Waals surface area contributed by atoms with Gasteiger partial charge in [-0.25, -0.2) is 0 Å². The van der Waals surface area contributed by atoms with Gasteiger partial charge in [0, 0.05) is 37.0 Å². The molecule has 1 unspecified atom stereocenters. The average molecular weight is 263 g/mol. The number of benzene rings is 1. The topological polar surface area (TPSA) is 78.6 Å². The summed E-state index contributed by atoms with van der Waals surface area (Å²) >= 11 is 0. The first-order valence-electron chi connectivity index (χ1n) is 6.64. The second kappa shape index (κ2) is 4.70. The molecule has 0 saturated carbocycles. The number of anilines is 2. The summed E-state index contributed by atoms with van der Waals surface area (Å²) in [5.74, 6) is 0. The van der Waals surface area contributed by atoms with Crippen LogP contribution in [0.2, 0.25) is 0 Å². The molecular weight excluding hydrogens is 246 g/mol. The van der Waals surface area contributed by atoms with E-state index in [9.17, 15) is 15.2 Å². The first-order valence-corrected chi connectivity index (χ1v) is 6.64. The Morgan fingerprint density at radius 1 is 1.47 bits per heavy atom. The maximum absolute atomic E-state index is 11.2. The molecule has 2 aliphatic rings. The minimum Gasteiger partial charge on any atom is -0.391 e. The summed E-state index contributed by atoms with van der Waals surface area (Å²) in [7, 11) is 0. The average Bonchev–Trinajstić information content (AvgIpc) is 2.85. The van der Waals surface area contributed by atoms with Crippen molar-refractivity contribution in [3.63, 3.8) is 0 Å². The van der Waals surface area contributed by atoms with E-state index in [-0.39, 0.29) is 10.6 Å². The van der Waals surface area contributed by atoms with E-state index < -0.39 is 6.10 Å². The molecule has 0 aliphatic carbocycles. The quantitative estimate of drug-likeness (QED) is 0.625. The summed E-state index contributed by atoms with van der Waals surface area (Å²) in [5, 5.41) is 24.3. The number of nitrogens with zero attached hydrogens (tertiary/aromatic N) is 2. The van der Waals surface area contributed by atoms with Crippen molar-refractivity contribution in [1.82, 2.24) is 0 Å². The van der Waals surface area contributed by atoms with E-state index in [4.69, 9.17) is 0 Å². The Balaban J connectivity index is 2.06. The summed E-state index contributed by atoms with van der Waals surface area (Å²) in [4.78, 5) is 12.9. The van der Waals surface area contributed by atoms with Gasteiger partial charge in [0.1, 0.15) is 5.69 Å². The van der Waals surface area contributed by atoms with Crippen molar-refractivity contribution in [2.24, 2.45) is 0 Å². The third-order valence-corrected chi connectivity index (χ3v) is 3.86. The maximum Gasteiger partial charge on any atom is 0.292 e. The van der Waals surface area contributed by atoms with Gasteiger partial charge in [0.25, 0.3) is 5.69 Å². The predicted octanol–water partition coefficient (Wildman–Crippen LogP) is 1.52. The van der Waals surface area contributed by atoms with E-state index in [1.807, 2.05) is 4.90 Å². The summed E-state index contributed by atoms with van der Waals surface area (Å²) in [5.41, 5.74) is 2.85. The highest BCUT2D eigenvalue weighted by molar-refractivity contribution is 5.78. The lowest BCUT2D eigenvalue weighted by Gasteiger charge is -2.32. The number of aliphatic hydroxyl groups is 1. The van der Waals surface area contributed by atoms with Gasteiger partial charge >= 0.3 is 0 Å². The zero-order valence-corrected chi connectivity index (χ0v) is 10.6. The van der Waals surface area contributed by atoms with Gasteiger partial charge in [-0.2, -0.15) is 0 Å². The highest BCUT2D eigenvalue weighted by Gasteiger charge is 2.30. The molecule has 3 rings (SSSR count). The molecule has 1 aromatic rings. The Kier molecular flexibility index (Phi) is 3.02. The molecule has 2 N–H and O–H groups in total. The number of nitro groups is 1. The van der Waals surface area contributed by atoms with Crippen molar-refractivity contribution < 1.29 is 10.0 Å². The molecule has 102 valence electrons. The monoisotopic (exact) mass is 263 g/mol. The second-order valence-corrected chi connectivity index (χ2v) is 5.14. The van der Waals surface area contributed by atoms with Crippen LogP contribution < -0.4 is 10.2 Å². The van der Waals surface area contributed by atoms with Crippen molar-refractivity contribution in [3.8, 4) is 0 Å². The highest BCUT2D eigenvalue weighted by Crippen LogP contribution is 2.40. The van der Waals surface area contributed by atoms with Gasteiger partial charge in [-0.05, 0) is 25.3 Å². The molecule has 6 heteroatoms. The van der Waals surface area contributed by atoms with Crippen molar-refractivity contribution in [3.05, 3.63) is 27.8 Å². The lowest BCUT2D eigenvalue weighted by atomic mass is 10.0. The summed E-state index contributed by atoms with van der Waals surface area (Å²) in [6.45, 7) is 2.07. The SMILES string of the molecule is O=[N+]([O-])c1ccc2c(c1N1CCCC(O)C1)CCN2. The Bertz CT molecular complexity index is 518. The zero-order chi connectivity index (χ0) is 13.4. The van der Waals surface area contributed by atoms with Crippen LogP contribution in [0.15, 0.2) is 12.1 Å². The fourth-order valence-electron chi connectivity index (χ4n) is 3.02. The molecule has 19 heavy (non-hydrogen) atoms. The van der Waals surface area contributed by atoms with E-state index >= 15 is 0 Å². The third kappa shape index (κ3) is 2.12. The number of rotatable bonds is 2. The van der Waals surface area contributed by atoms with Gasteiger partial charge in [0.05, 0.1) is 11.0 Å². The molecule has 0 amide bonds. The molecular formula is C13H17N3O3. The van der Waals surface area contributed by atoms with Crippen LogP contribution in [0.5, 0.6) is 0 Å². The van der Waals surface area contributed by atoms with E-state index in [1.165, 1.54) is 0 Å². The molecule has 0 spiro atoms. The Labute approximate surface area is 111 Å². The summed E-state index contributed by atoms with van der Waals surface area (Å²) < 4.78 is 0. The lowest BCUT2D eigenvalue weighted by Crippen LogP contribution is -2.39. The molecule has 2 heterocycles. The number of hydrogen-bond donors (Lipinski definition) is 2. The van der Waals surface area contributed by atoms with Crippen molar-refractivity contribution in [1.29, 1.82) is 0 Å². The minimum atomic E-state index is -0.390. The highest BCUT2D eigenvalue weighted by atomic mass is 16.6. The van der Waals surface area contributed by atoms with Crippen molar-refractivity contribution in [2.75, 3.05) is 29.9 Å². The van der Waals surface area contributed by atoms with E-state index in [1.54, 1.807) is 12.1 Å². The molecule has 1 fully saturated rings. The molecule has 1 saturated heterocycles. The summed E-state index contributed by atoms with van der Waals surface area (Å²) in [6.07, 6.45) is 2.06. The van der Waals surface area contributed by atoms with E-state index in [2.05, 4.69) is 5.32 Å². The number of nitro benzene ring substituents is 1. The van der Waals surface area contributed by atoms with Crippen LogP contribution in [-0.4, -0.2) is 35.8 Å². The normalized spacial score (nSPS) is 21.9. The van der Waals surface area contributed by atoms with Crippen LogP contribution >= 0.6 is 0 Å². The molecule has 0 radical (unpaired) electrons. The fraction of sp³-hybridized carbons (Fsp3) is 0.538. The largest absolute Gasteiger partial charge is 0.391 e. The summed E-state index contributed by atoms with van der Waals surface area (Å²) in [6, 6.07) is 3.35. The molecule has 6 nitrogen and oxygen atoms in total. The Morgan fingerprint density at radius 2 is 2.32 bits per heavy atom. The van der Waals surface area contributed by atoms with Crippen LogP contribution in [0.25, 0.3) is 0 Å². The number of nitrogens with one attached hydrogen (secondary N) is 1. The van der Waals surface area contributed by atoms with Gasteiger partial charge in [-0.1, -0.05) is 0 Å². The van der Waals surface area contributed by atoms with E-state index in [0.717, 1.165) is 43.6 Å². The maximum atomic E-state index is 11.2. The number of piperidine rings is 1. The van der Waals surface area contributed by atoms with E-state index in [0.29, 0.717) is 12.2 Å². The molecule has 0 aromatic heterocycles. The number of fused-ring (bicyclic) bond motifs is 1. The van der Waals surface area contributed by atoms with Gasteiger partial charge in [0.2, 0.25) is 0 Å². The van der Waals surface area contributed by atoms with Crippen LogP contribution in [0.3, 0.4) is 0 Å². The zero-order valence-electron chi connectivity index (χ0n) is 10.6. The van der Waals surface area contributed by atoms with Crippen LogP contribution in [0.1, 0.15) is 18.4 Å². The Hall–Kier alpha value is -1.82.